The number of nitrogens with two attached hydrogens (primary N) is 1. The van der Waals surface area contributed by atoms with Gasteiger partial charge in [-0.25, -0.2) is 19.7 Å². The first-order valence-corrected chi connectivity index (χ1v) is 22.0. The van der Waals surface area contributed by atoms with Crippen molar-refractivity contribution in [3.63, 3.8) is 0 Å². The van der Waals surface area contributed by atoms with Gasteiger partial charge in [-0.05, 0) is 25.5 Å². The molecule has 12 nitrogen and oxygen atoms in total. The molecule has 0 spiro atoms. The Morgan fingerprint density at radius 1 is 0.854 bits per heavy atom. The summed E-state index contributed by atoms with van der Waals surface area (Å²) in [5, 5.41) is 0. The van der Waals surface area contributed by atoms with E-state index in [4.69, 9.17) is 40.2 Å². The van der Waals surface area contributed by atoms with Crippen molar-refractivity contribution in [2.24, 2.45) is 0 Å². The third-order valence-electron chi connectivity index (χ3n) is 7.87. The molecule has 15 heteroatoms. The number of ether oxygens (including phenoxy) is 3. The topological polar surface area (TPSA) is 150 Å². The molecular weight excluding hydrogens is 673 g/mol. The minimum Gasteiger partial charge on any atom is -0.434 e. The summed E-state index contributed by atoms with van der Waals surface area (Å²) in [4.78, 5) is 24.3. The molecule has 276 valence electrons. The summed E-state index contributed by atoms with van der Waals surface area (Å²) in [7, 11) is -4.08. The van der Waals surface area contributed by atoms with Gasteiger partial charge in [0.15, 0.2) is 11.5 Å². The van der Waals surface area contributed by atoms with Gasteiger partial charge in [0.05, 0.1) is 32.2 Å². The van der Waals surface area contributed by atoms with Crippen LogP contribution in [-0.4, -0.2) is 69.6 Å². The van der Waals surface area contributed by atoms with Crippen LogP contribution in [0.1, 0.15) is 124 Å². The highest BCUT2D eigenvalue weighted by Gasteiger charge is 2.28. The van der Waals surface area contributed by atoms with Crippen molar-refractivity contribution in [1.82, 2.24) is 19.5 Å². The Morgan fingerprint density at radius 2 is 1.48 bits per heavy atom. The third kappa shape index (κ3) is 18.9. The van der Waals surface area contributed by atoms with Crippen molar-refractivity contribution < 1.29 is 32.6 Å². The fraction of sp³-hybridized carbons (Fsp3) is 0.818. The van der Waals surface area contributed by atoms with Crippen molar-refractivity contribution >= 4 is 51.4 Å². The van der Waals surface area contributed by atoms with Crippen LogP contribution in [0.5, 0.6) is 0 Å². The van der Waals surface area contributed by atoms with Crippen molar-refractivity contribution in [2.45, 2.75) is 136 Å². The zero-order chi connectivity index (χ0) is 34.9. The van der Waals surface area contributed by atoms with Crippen molar-refractivity contribution in [2.75, 3.05) is 43.6 Å². The van der Waals surface area contributed by atoms with E-state index in [9.17, 15) is 9.36 Å². The molecule has 48 heavy (non-hydrogen) atoms. The van der Waals surface area contributed by atoms with Crippen molar-refractivity contribution in [3.05, 3.63) is 12.7 Å². The summed E-state index contributed by atoms with van der Waals surface area (Å²) < 4.78 is 42.4. The van der Waals surface area contributed by atoms with Crippen LogP contribution in [-0.2, 0) is 55.0 Å². The average Bonchev–Trinajstić information content (AvgIpc) is 3.48. The summed E-state index contributed by atoms with van der Waals surface area (Å²) in [6.07, 6.45) is 21.4. The zero-order valence-corrected chi connectivity index (χ0v) is 32.0. The van der Waals surface area contributed by atoms with Crippen LogP contribution in [0.25, 0.3) is 11.2 Å². The molecule has 0 aliphatic carbocycles. The molecule has 0 bridgehead atoms. The van der Waals surface area contributed by atoms with Gasteiger partial charge in [0.2, 0.25) is 6.79 Å². The van der Waals surface area contributed by atoms with Gasteiger partial charge in [0.25, 0.3) is 0 Å². The average molecular weight is 734 g/mol. The first-order chi connectivity index (χ1) is 23.3. The molecular formula is C33H60N5O7PS2. The van der Waals surface area contributed by atoms with E-state index in [1.54, 1.807) is 10.9 Å². The van der Waals surface area contributed by atoms with E-state index in [1.165, 1.54) is 89.8 Å². The number of hydrogen-bond donors (Lipinski definition) is 1. The molecule has 2 aromatic rings. The quantitative estimate of drug-likeness (QED) is 0.0355. The highest BCUT2D eigenvalue weighted by Crippen LogP contribution is 2.48. The lowest BCUT2D eigenvalue weighted by atomic mass is 10.0. The van der Waals surface area contributed by atoms with Crippen molar-refractivity contribution in [1.29, 1.82) is 0 Å². The van der Waals surface area contributed by atoms with E-state index in [0.717, 1.165) is 25.0 Å². The molecule has 0 fully saturated rings. The number of carbonyl (C=O) groups is 1. The molecule has 2 aromatic heterocycles. The largest absolute Gasteiger partial charge is 0.510 e. The molecule has 2 heterocycles. The standard InChI is InChI=1S/C33H60N5O7PS2/c1-4-6-8-9-10-11-12-13-14-15-16-17-18-19-22-48(47)23-21-44-46(40,45-27-42-33(39)41-20-7-5-2)28-43-29(3)24-38-26-37-30-31(34)35-25-36-32(30)38/h25-26,29H,4-24,27-28H2,1-3H3,(H2,34,35,36)/t29-,46-,48?/m1/s1. The van der Waals surface area contributed by atoms with Crippen molar-refractivity contribution in [3.8, 4) is 0 Å². The SMILES string of the molecule is CCCCCCCCCCCCCCCCS(=S)CCO[P@](=O)(CO[C@H](C)Cn1cnc2c(N)ncnc21)OCOC(=O)OCCCC. The fourth-order valence-electron chi connectivity index (χ4n) is 5.02. The van der Waals surface area contributed by atoms with Crippen LogP contribution >= 0.6 is 7.60 Å². The predicted octanol–water partition coefficient (Wildman–Crippen LogP) is 8.47. The van der Waals surface area contributed by atoms with Crippen LogP contribution in [0, 0.1) is 0 Å². The predicted molar refractivity (Wildman–Crippen MR) is 197 cm³/mol. The second-order valence-electron chi connectivity index (χ2n) is 12.2. The van der Waals surface area contributed by atoms with Gasteiger partial charge < -0.3 is 29.0 Å². The second-order valence-corrected chi connectivity index (χ2v) is 17.3. The number of unbranched alkanes of at least 4 members (excludes halogenated alkanes) is 14. The number of hydrogen-bond acceptors (Lipinski definition) is 12. The van der Waals surface area contributed by atoms with Crippen LogP contribution in [0.2, 0.25) is 0 Å². The maximum atomic E-state index is 13.6. The fourth-order valence-corrected chi connectivity index (χ4v) is 7.94. The molecule has 0 saturated carbocycles. The van der Waals surface area contributed by atoms with E-state index in [0.29, 0.717) is 23.5 Å². The number of fused-ring (bicyclic) bond motifs is 1. The van der Waals surface area contributed by atoms with E-state index in [2.05, 4.69) is 21.9 Å². The van der Waals surface area contributed by atoms with E-state index < -0.39 is 26.6 Å². The molecule has 2 N–H and O–H groups in total. The number of aromatic nitrogens is 4. The van der Waals surface area contributed by atoms with Crippen LogP contribution in [0.4, 0.5) is 10.6 Å². The van der Waals surface area contributed by atoms with Crippen LogP contribution in [0.3, 0.4) is 0 Å². The molecule has 0 radical (unpaired) electrons. The molecule has 0 saturated heterocycles. The monoisotopic (exact) mass is 733 g/mol. The summed E-state index contributed by atoms with van der Waals surface area (Å²) >= 11 is 5.68. The normalized spacial score (nSPS) is 14.1. The lowest BCUT2D eigenvalue weighted by molar-refractivity contribution is -0.00794. The number of carbonyl (C=O) groups excluding carboxylic acids is 1. The van der Waals surface area contributed by atoms with Crippen LogP contribution < -0.4 is 5.73 Å². The van der Waals surface area contributed by atoms with Gasteiger partial charge in [-0.2, -0.15) is 0 Å². The third-order valence-corrected chi connectivity index (χ3v) is 11.8. The lowest BCUT2D eigenvalue weighted by Gasteiger charge is -2.21. The Morgan fingerprint density at radius 3 is 2.12 bits per heavy atom. The second kappa shape index (κ2) is 26.2. The molecule has 2 rings (SSSR count). The zero-order valence-electron chi connectivity index (χ0n) is 29.5. The first-order valence-electron chi connectivity index (χ1n) is 17.8. The molecule has 0 aromatic carbocycles. The number of anilines is 1. The maximum Gasteiger partial charge on any atom is 0.510 e. The molecule has 1 unspecified atom stereocenters. The Hall–Kier alpha value is -1.70. The Balaban J connectivity index is 1.69. The van der Waals surface area contributed by atoms with E-state index in [-0.39, 0.29) is 34.8 Å². The summed E-state index contributed by atoms with van der Waals surface area (Å²) in [5.74, 6) is 1.81. The molecule has 0 aliphatic heterocycles. The highest BCUT2D eigenvalue weighted by atomic mass is 32.8. The Bertz CT molecular complexity index is 1220. The summed E-state index contributed by atoms with van der Waals surface area (Å²) in [5.41, 5.74) is 6.95. The van der Waals surface area contributed by atoms with Crippen LogP contribution in [0.15, 0.2) is 12.7 Å². The maximum absolute atomic E-state index is 13.6. The Labute approximate surface area is 295 Å². The number of nitrogen functional groups attached to an aromatic ring is 1. The molecule has 0 amide bonds. The first kappa shape index (κ1) is 42.5. The summed E-state index contributed by atoms with van der Waals surface area (Å²) in [6, 6.07) is 0. The molecule has 0 aliphatic rings. The van der Waals surface area contributed by atoms with Gasteiger partial charge in [0.1, 0.15) is 18.2 Å². The number of imidazole rings is 1. The van der Waals surface area contributed by atoms with Gasteiger partial charge in [-0.15, -0.1) is 9.45 Å². The lowest BCUT2D eigenvalue weighted by Crippen LogP contribution is -2.19. The number of rotatable bonds is 30. The molecule has 3 atom stereocenters. The van der Waals surface area contributed by atoms with Gasteiger partial charge in [-0.3, -0.25) is 9.09 Å². The van der Waals surface area contributed by atoms with E-state index in [1.807, 2.05) is 13.8 Å². The highest BCUT2D eigenvalue weighted by molar-refractivity contribution is 8.28. The number of nitrogens with zero attached hydrogens (tertiary/aromatic N) is 4. The van der Waals surface area contributed by atoms with Gasteiger partial charge in [-0.1, -0.05) is 115 Å². The van der Waals surface area contributed by atoms with E-state index >= 15 is 0 Å². The minimum absolute atomic E-state index is 0.156. The minimum atomic E-state index is -3.79. The smallest absolute Gasteiger partial charge is 0.434 e. The summed E-state index contributed by atoms with van der Waals surface area (Å²) in [6.45, 7) is 6.25. The van der Waals surface area contributed by atoms with Gasteiger partial charge in [0, 0.05) is 5.75 Å². The van der Waals surface area contributed by atoms with Gasteiger partial charge >= 0.3 is 13.8 Å². The Kier molecular flexibility index (Phi) is 23.1.